The fraction of sp³-hybridized carbons (Fsp3) is 0.400. The Labute approximate surface area is 149 Å². The van der Waals surface area contributed by atoms with Gasteiger partial charge in [0.1, 0.15) is 11.3 Å². The van der Waals surface area contributed by atoms with Gasteiger partial charge in [-0.15, -0.1) is 11.6 Å². The van der Waals surface area contributed by atoms with E-state index in [0.29, 0.717) is 23.5 Å². The van der Waals surface area contributed by atoms with Crippen LogP contribution in [0.5, 0.6) is 0 Å². The lowest BCUT2D eigenvalue weighted by Gasteiger charge is -2.10. The van der Waals surface area contributed by atoms with Crippen molar-refractivity contribution in [2.24, 2.45) is 5.41 Å². The Hall–Kier alpha value is -2.67. The molecule has 134 valence electrons. The highest BCUT2D eigenvalue weighted by molar-refractivity contribution is 6.16. The van der Waals surface area contributed by atoms with Gasteiger partial charge >= 0.3 is 12.1 Å². The summed E-state index contributed by atoms with van der Waals surface area (Å²) in [6, 6.07) is 3.82. The van der Waals surface area contributed by atoms with Crippen molar-refractivity contribution in [3.05, 3.63) is 24.0 Å². The Kier molecular flexibility index (Phi) is 3.66. The van der Waals surface area contributed by atoms with Crippen molar-refractivity contribution < 1.29 is 17.7 Å². The predicted molar refractivity (Wildman–Crippen MR) is 82.7 cm³/mol. The Morgan fingerprint density at radius 2 is 2.12 bits per heavy atom. The van der Waals surface area contributed by atoms with Gasteiger partial charge in [0.25, 0.3) is 0 Å². The lowest BCUT2D eigenvalue weighted by Crippen LogP contribution is -2.12. The number of fused-ring (bicyclic) bond motifs is 1. The van der Waals surface area contributed by atoms with E-state index in [2.05, 4.69) is 30.7 Å². The van der Waals surface area contributed by atoms with E-state index in [-0.39, 0.29) is 17.3 Å². The highest BCUT2D eigenvalue weighted by atomic mass is 35.5. The van der Waals surface area contributed by atoms with Crippen molar-refractivity contribution in [2.45, 2.75) is 31.4 Å². The summed E-state index contributed by atoms with van der Waals surface area (Å²) in [7, 11) is 0. The molecule has 1 saturated carbocycles. The van der Waals surface area contributed by atoms with Gasteiger partial charge in [0.05, 0.1) is 17.4 Å². The van der Waals surface area contributed by atoms with Crippen LogP contribution in [0.25, 0.3) is 22.6 Å². The van der Waals surface area contributed by atoms with E-state index in [9.17, 15) is 18.4 Å². The maximum absolute atomic E-state index is 12.6. The number of aromatic nitrogens is 5. The SMILES string of the molecule is N#CC1(Cn2c(CCl)nc3cc(-c4noc(C(F)(F)F)n4)cnc32)CC1. The predicted octanol–water partition coefficient (Wildman–Crippen LogP) is 3.54. The fourth-order valence-corrected chi connectivity index (χ4v) is 2.87. The average molecular weight is 383 g/mol. The van der Waals surface area contributed by atoms with E-state index >= 15 is 0 Å². The van der Waals surface area contributed by atoms with Crippen LogP contribution in [0.2, 0.25) is 0 Å². The summed E-state index contributed by atoms with van der Waals surface area (Å²) >= 11 is 5.95. The van der Waals surface area contributed by atoms with Gasteiger partial charge in [0, 0.05) is 18.3 Å². The van der Waals surface area contributed by atoms with Crippen LogP contribution in [0.3, 0.4) is 0 Å². The van der Waals surface area contributed by atoms with E-state index in [1.807, 2.05) is 0 Å². The van der Waals surface area contributed by atoms with Gasteiger partial charge in [-0.25, -0.2) is 9.97 Å². The van der Waals surface area contributed by atoms with Crippen molar-refractivity contribution in [3.63, 3.8) is 0 Å². The molecule has 0 aliphatic heterocycles. The number of imidazole rings is 1. The summed E-state index contributed by atoms with van der Waals surface area (Å²) in [5.41, 5.74) is 0.754. The first-order valence-corrected chi connectivity index (χ1v) is 8.12. The Morgan fingerprint density at radius 3 is 2.69 bits per heavy atom. The molecule has 26 heavy (non-hydrogen) atoms. The van der Waals surface area contributed by atoms with E-state index < -0.39 is 17.5 Å². The number of hydrogen-bond acceptors (Lipinski definition) is 6. The van der Waals surface area contributed by atoms with Gasteiger partial charge in [-0.2, -0.15) is 23.4 Å². The Morgan fingerprint density at radius 1 is 1.35 bits per heavy atom. The number of halogens is 4. The number of rotatable bonds is 4. The van der Waals surface area contributed by atoms with Gasteiger partial charge in [-0.1, -0.05) is 5.16 Å². The molecule has 0 bridgehead atoms. The third-order valence-electron chi connectivity index (χ3n) is 4.26. The highest BCUT2D eigenvalue weighted by Crippen LogP contribution is 2.47. The molecule has 11 heteroatoms. The van der Waals surface area contributed by atoms with Crippen molar-refractivity contribution in [2.75, 3.05) is 0 Å². The van der Waals surface area contributed by atoms with Crippen LogP contribution < -0.4 is 0 Å². The molecular weight excluding hydrogens is 373 g/mol. The summed E-state index contributed by atoms with van der Waals surface area (Å²) < 4.78 is 43.8. The van der Waals surface area contributed by atoms with Crippen LogP contribution in [-0.2, 0) is 18.6 Å². The second kappa shape index (κ2) is 5.67. The van der Waals surface area contributed by atoms with Crippen LogP contribution in [0.1, 0.15) is 24.6 Å². The lowest BCUT2D eigenvalue weighted by atomic mass is 10.1. The molecule has 1 fully saturated rings. The van der Waals surface area contributed by atoms with Crippen LogP contribution >= 0.6 is 11.6 Å². The van der Waals surface area contributed by atoms with E-state index in [1.54, 1.807) is 4.57 Å². The average Bonchev–Trinajstić information content (AvgIpc) is 3.05. The molecule has 0 radical (unpaired) electrons. The third-order valence-corrected chi connectivity index (χ3v) is 4.50. The van der Waals surface area contributed by atoms with Crippen molar-refractivity contribution in [1.29, 1.82) is 5.26 Å². The van der Waals surface area contributed by atoms with Crippen LogP contribution in [-0.4, -0.2) is 24.7 Å². The van der Waals surface area contributed by atoms with Crippen molar-refractivity contribution >= 4 is 22.8 Å². The highest BCUT2D eigenvalue weighted by Gasteiger charge is 2.44. The van der Waals surface area contributed by atoms with E-state index in [4.69, 9.17) is 11.6 Å². The van der Waals surface area contributed by atoms with Gasteiger partial charge in [0.2, 0.25) is 5.82 Å². The molecule has 3 heterocycles. The minimum Gasteiger partial charge on any atom is -0.329 e. The van der Waals surface area contributed by atoms with Gasteiger partial charge < -0.3 is 9.09 Å². The third kappa shape index (κ3) is 2.78. The van der Waals surface area contributed by atoms with Crippen molar-refractivity contribution in [3.8, 4) is 17.5 Å². The minimum atomic E-state index is -4.72. The second-order valence-corrected chi connectivity index (χ2v) is 6.39. The quantitative estimate of drug-likeness (QED) is 0.641. The smallest absolute Gasteiger partial charge is 0.329 e. The monoisotopic (exact) mass is 382 g/mol. The zero-order valence-electron chi connectivity index (χ0n) is 13.1. The summed E-state index contributed by atoms with van der Waals surface area (Å²) in [4.78, 5) is 12.0. The van der Waals surface area contributed by atoms with Crippen molar-refractivity contribution in [1.82, 2.24) is 24.7 Å². The summed E-state index contributed by atoms with van der Waals surface area (Å²) in [6.07, 6.45) is -1.78. The number of nitriles is 1. The molecule has 0 amide bonds. The summed E-state index contributed by atoms with van der Waals surface area (Å²) in [6.45, 7) is 0.425. The van der Waals surface area contributed by atoms with Gasteiger partial charge in [-0.3, -0.25) is 0 Å². The van der Waals surface area contributed by atoms with Crippen LogP contribution in [0.15, 0.2) is 16.8 Å². The molecule has 7 nitrogen and oxygen atoms in total. The maximum atomic E-state index is 12.6. The standard InChI is InChI=1S/C15H10ClF3N6O/c16-4-10-22-9-3-8(11-23-13(26-24-11)15(17,18)19)5-21-12(9)25(10)7-14(6-20)1-2-14/h3,5H,1-2,4,7H2. The summed E-state index contributed by atoms with van der Waals surface area (Å²) in [5, 5.41) is 12.6. The first-order chi connectivity index (χ1) is 12.3. The van der Waals surface area contributed by atoms with Crippen LogP contribution in [0, 0.1) is 16.7 Å². The molecule has 1 aliphatic rings. The molecule has 0 aromatic carbocycles. The molecule has 4 rings (SSSR count). The molecule has 1 aliphatic carbocycles. The summed E-state index contributed by atoms with van der Waals surface area (Å²) in [5.74, 6) is -1.00. The minimum absolute atomic E-state index is 0.119. The first-order valence-electron chi connectivity index (χ1n) is 7.59. The van der Waals surface area contributed by atoms with E-state index in [0.717, 1.165) is 12.8 Å². The van der Waals surface area contributed by atoms with Gasteiger partial charge in [0.15, 0.2) is 5.65 Å². The molecule has 0 unspecified atom stereocenters. The molecular formula is C15H10ClF3N6O. The molecule has 0 atom stereocenters. The topological polar surface area (TPSA) is 93.4 Å². The second-order valence-electron chi connectivity index (χ2n) is 6.13. The largest absolute Gasteiger partial charge is 0.471 e. The fourth-order valence-electron chi connectivity index (χ4n) is 2.66. The zero-order valence-corrected chi connectivity index (χ0v) is 13.8. The Balaban J connectivity index is 1.74. The number of alkyl halides is 4. The number of pyridine rings is 1. The lowest BCUT2D eigenvalue weighted by molar-refractivity contribution is -0.159. The first kappa shape index (κ1) is 16.8. The van der Waals surface area contributed by atoms with Crippen LogP contribution in [0.4, 0.5) is 13.2 Å². The zero-order chi connectivity index (χ0) is 18.5. The normalized spacial score (nSPS) is 16.0. The molecule has 0 saturated heterocycles. The molecule has 0 spiro atoms. The molecule has 3 aromatic rings. The Bertz CT molecular complexity index is 1030. The van der Waals surface area contributed by atoms with E-state index in [1.165, 1.54) is 12.3 Å². The number of hydrogen-bond donors (Lipinski definition) is 0. The molecule has 0 N–H and O–H groups in total. The number of nitrogens with zero attached hydrogens (tertiary/aromatic N) is 6. The van der Waals surface area contributed by atoms with Gasteiger partial charge in [-0.05, 0) is 18.9 Å². The maximum Gasteiger partial charge on any atom is 0.471 e. The molecule has 3 aromatic heterocycles.